The van der Waals surface area contributed by atoms with Crippen molar-refractivity contribution in [2.45, 2.75) is 77.8 Å². The van der Waals surface area contributed by atoms with Crippen molar-refractivity contribution >= 4 is 0 Å². The smallest absolute Gasteiger partial charge is 0.0431 e. The molecule has 17 heavy (non-hydrogen) atoms. The maximum atomic E-state index is 8.83. The van der Waals surface area contributed by atoms with Crippen LogP contribution in [0.25, 0.3) is 0 Å². The predicted octanol–water partition coefficient (Wildman–Crippen LogP) is 3.34. The molecule has 1 rings (SSSR count). The lowest BCUT2D eigenvalue weighted by Crippen LogP contribution is -2.41. The standard InChI is InChI=1S/C15H31NO/c1-12(8-7-11-17)16-14(3)13(2)15-9-5-4-6-10-15/h12-17H,4-11H2,1-3H3. The van der Waals surface area contributed by atoms with Crippen LogP contribution in [0.15, 0.2) is 0 Å². The Labute approximate surface area is 107 Å². The van der Waals surface area contributed by atoms with Crippen LogP contribution >= 0.6 is 0 Å². The molecule has 0 aromatic carbocycles. The molecule has 2 nitrogen and oxygen atoms in total. The molecular weight excluding hydrogens is 210 g/mol. The molecule has 0 spiro atoms. The molecule has 0 heterocycles. The van der Waals surface area contributed by atoms with E-state index >= 15 is 0 Å². The van der Waals surface area contributed by atoms with Gasteiger partial charge in [-0.15, -0.1) is 0 Å². The van der Waals surface area contributed by atoms with Gasteiger partial charge in [0.2, 0.25) is 0 Å². The van der Waals surface area contributed by atoms with Gasteiger partial charge in [-0.05, 0) is 38.5 Å². The third kappa shape index (κ3) is 5.39. The summed E-state index contributed by atoms with van der Waals surface area (Å²) in [5.41, 5.74) is 0. The fourth-order valence-electron chi connectivity index (χ4n) is 3.15. The zero-order chi connectivity index (χ0) is 12.7. The Kier molecular flexibility index (Phi) is 7.14. The summed E-state index contributed by atoms with van der Waals surface area (Å²) in [5, 5.41) is 12.5. The van der Waals surface area contributed by atoms with Gasteiger partial charge in [0.15, 0.2) is 0 Å². The van der Waals surface area contributed by atoms with E-state index in [1.165, 1.54) is 32.1 Å². The molecule has 102 valence electrons. The Morgan fingerprint density at radius 2 is 1.76 bits per heavy atom. The first-order valence-electron chi connectivity index (χ1n) is 7.52. The number of hydrogen-bond donors (Lipinski definition) is 2. The van der Waals surface area contributed by atoms with Gasteiger partial charge in [-0.25, -0.2) is 0 Å². The van der Waals surface area contributed by atoms with E-state index in [2.05, 4.69) is 26.1 Å². The zero-order valence-corrected chi connectivity index (χ0v) is 11.9. The number of hydrogen-bond acceptors (Lipinski definition) is 2. The molecule has 3 unspecified atom stereocenters. The Morgan fingerprint density at radius 3 is 2.35 bits per heavy atom. The SMILES string of the molecule is CC(CCCO)NC(C)C(C)C1CCCCC1. The van der Waals surface area contributed by atoms with Crippen molar-refractivity contribution in [1.82, 2.24) is 5.32 Å². The predicted molar refractivity (Wildman–Crippen MR) is 74.1 cm³/mol. The topological polar surface area (TPSA) is 32.3 Å². The van der Waals surface area contributed by atoms with Gasteiger partial charge >= 0.3 is 0 Å². The molecule has 2 heteroatoms. The molecule has 3 atom stereocenters. The normalized spacial score (nSPS) is 23.3. The third-order valence-corrected chi connectivity index (χ3v) is 4.52. The quantitative estimate of drug-likeness (QED) is 0.716. The summed E-state index contributed by atoms with van der Waals surface area (Å²) in [7, 11) is 0. The highest BCUT2D eigenvalue weighted by Gasteiger charge is 2.24. The highest BCUT2D eigenvalue weighted by Crippen LogP contribution is 2.31. The molecule has 0 aromatic rings. The van der Waals surface area contributed by atoms with Crippen molar-refractivity contribution in [2.24, 2.45) is 11.8 Å². The Hall–Kier alpha value is -0.0800. The van der Waals surface area contributed by atoms with E-state index in [0.29, 0.717) is 18.7 Å². The van der Waals surface area contributed by atoms with Gasteiger partial charge in [-0.3, -0.25) is 0 Å². The lowest BCUT2D eigenvalue weighted by atomic mass is 9.78. The molecule has 0 aromatic heterocycles. The minimum absolute atomic E-state index is 0.318. The van der Waals surface area contributed by atoms with Gasteiger partial charge in [0.1, 0.15) is 0 Å². The molecule has 0 bridgehead atoms. The van der Waals surface area contributed by atoms with E-state index in [9.17, 15) is 0 Å². The summed E-state index contributed by atoms with van der Waals surface area (Å²) in [6, 6.07) is 1.13. The lowest BCUT2D eigenvalue weighted by molar-refractivity contribution is 0.206. The number of rotatable bonds is 7. The van der Waals surface area contributed by atoms with Crippen LogP contribution in [0.2, 0.25) is 0 Å². The van der Waals surface area contributed by atoms with Gasteiger partial charge in [0, 0.05) is 18.7 Å². The molecule has 1 aliphatic carbocycles. The fraction of sp³-hybridized carbons (Fsp3) is 1.00. The van der Waals surface area contributed by atoms with Gasteiger partial charge in [0.05, 0.1) is 0 Å². The number of aliphatic hydroxyl groups excluding tert-OH is 1. The van der Waals surface area contributed by atoms with E-state index in [0.717, 1.165) is 24.7 Å². The average molecular weight is 241 g/mol. The summed E-state index contributed by atoms with van der Waals surface area (Å²) in [5.74, 6) is 1.71. The summed E-state index contributed by atoms with van der Waals surface area (Å²) in [6.45, 7) is 7.29. The second-order valence-corrected chi connectivity index (χ2v) is 5.98. The monoisotopic (exact) mass is 241 g/mol. The highest BCUT2D eigenvalue weighted by molar-refractivity contribution is 4.80. The van der Waals surface area contributed by atoms with E-state index < -0.39 is 0 Å². The van der Waals surface area contributed by atoms with Crippen LogP contribution in [-0.2, 0) is 0 Å². The lowest BCUT2D eigenvalue weighted by Gasteiger charge is -2.33. The van der Waals surface area contributed by atoms with Crippen LogP contribution < -0.4 is 5.32 Å². The molecule has 2 N–H and O–H groups in total. The molecule has 0 amide bonds. The van der Waals surface area contributed by atoms with Crippen LogP contribution in [-0.4, -0.2) is 23.8 Å². The largest absolute Gasteiger partial charge is 0.396 e. The fourth-order valence-corrected chi connectivity index (χ4v) is 3.15. The minimum Gasteiger partial charge on any atom is -0.396 e. The van der Waals surface area contributed by atoms with E-state index in [1.54, 1.807) is 0 Å². The maximum Gasteiger partial charge on any atom is 0.0431 e. The van der Waals surface area contributed by atoms with Crippen molar-refractivity contribution in [1.29, 1.82) is 0 Å². The first-order valence-corrected chi connectivity index (χ1v) is 7.52. The number of nitrogens with one attached hydrogen (secondary N) is 1. The molecule has 1 fully saturated rings. The van der Waals surface area contributed by atoms with Crippen LogP contribution in [0, 0.1) is 11.8 Å². The molecule has 0 saturated heterocycles. The van der Waals surface area contributed by atoms with Crippen LogP contribution in [0.5, 0.6) is 0 Å². The number of aliphatic hydroxyl groups is 1. The Balaban J connectivity index is 2.27. The summed E-state index contributed by atoms with van der Waals surface area (Å²) in [6.07, 6.45) is 9.16. The zero-order valence-electron chi connectivity index (χ0n) is 11.9. The van der Waals surface area contributed by atoms with Gasteiger partial charge in [-0.1, -0.05) is 39.0 Å². The molecule has 0 aliphatic heterocycles. The molecule has 1 saturated carbocycles. The van der Waals surface area contributed by atoms with Gasteiger partial charge < -0.3 is 10.4 Å². The second kappa shape index (κ2) is 8.10. The third-order valence-electron chi connectivity index (χ3n) is 4.52. The maximum absolute atomic E-state index is 8.83. The van der Waals surface area contributed by atoms with Crippen molar-refractivity contribution in [3.8, 4) is 0 Å². The van der Waals surface area contributed by atoms with E-state index in [-0.39, 0.29) is 0 Å². The Morgan fingerprint density at radius 1 is 1.12 bits per heavy atom. The van der Waals surface area contributed by atoms with Crippen LogP contribution in [0.1, 0.15) is 65.7 Å². The Bertz CT molecular complexity index is 189. The first kappa shape index (κ1) is 15.0. The van der Waals surface area contributed by atoms with Gasteiger partial charge in [0.25, 0.3) is 0 Å². The highest BCUT2D eigenvalue weighted by atomic mass is 16.2. The minimum atomic E-state index is 0.318. The summed E-state index contributed by atoms with van der Waals surface area (Å²) >= 11 is 0. The van der Waals surface area contributed by atoms with Crippen molar-refractivity contribution in [2.75, 3.05) is 6.61 Å². The van der Waals surface area contributed by atoms with E-state index in [1.807, 2.05) is 0 Å². The van der Waals surface area contributed by atoms with Crippen LogP contribution in [0.3, 0.4) is 0 Å². The summed E-state index contributed by atoms with van der Waals surface area (Å²) < 4.78 is 0. The van der Waals surface area contributed by atoms with Crippen molar-refractivity contribution in [3.63, 3.8) is 0 Å². The average Bonchev–Trinajstić information content (AvgIpc) is 2.36. The second-order valence-electron chi connectivity index (χ2n) is 5.98. The van der Waals surface area contributed by atoms with E-state index in [4.69, 9.17) is 5.11 Å². The van der Waals surface area contributed by atoms with Crippen molar-refractivity contribution in [3.05, 3.63) is 0 Å². The summed E-state index contributed by atoms with van der Waals surface area (Å²) in [4.78, 5) is 0. The molecular formula is C15H31NO. The van der Waals surface area contributed by atoms with Gasteiger partial charge in [-0.2, -0.15) is 0 Å². The molecule has 0 radical (unpaired) electrons. The first-order chi connectivity index (χ1) is 8.15. The van der Waals surface area contributed by atoms with Crippen molar-refractivity contribution < 1.29 is 5.11 Å². The molecule has 1 aliphatic rings. The van der Waals surface area contributed by atoms with Crippen LogP contribution in [0.4, 0.5) is 0 Å².